The van der Waals surface area contributed by atoms with E-state index in [1.165, 1.54) is 15.6 Å². The first-order valence-electron chi connectivity index (χ1n) is 10.4. The number of rotatable bonds is 7. The number of carbonyl (C=O) groups excluding carboxylic acids is 1. The number of methoxy groups -OCH3 is 2. The third-order valence-corrected chi connectivity index (χ3v) is 8.55. The summed E-state index contributed by atoms with van der Waals surface area (Å²) in [6.45, 7) is 0.693. The number of urea groups is 1. The molecule has 2 aromatic carbocycles. The molecule has 2 amide bonds. The van der Waals surface area contributed by atoms with Crippen LogP contribution in [0.15, 0.2) is 58.1 Å². The Morgan fingerprint density at radius 1 is 1.09 bits per heavy atom. The smallest absolute Gasteiger partial charge is 0.319 e. The molecule has 3 aromatic rings. The van der Waals surface area contributed by atoms with Crippen LogP contribution < -0.4 is 24.4 Å². The molecule has 0 aliphatic carbocycles. The molecule has 0 saturated heterocycles. The molecular weight excluding hydrogens is 462 g/mol. The molecule has 174 valence electrons. The fourth-order valence-electron chi connectivity index (χ4n) is 3.74. The van der Waals surface area contributed by atoms with Crippen LogP contribution in [0.25, 0.3) is 0 Å². The fraction of sp³-hybridized carbons (Fsp3) is 0.261. The largest absolute Gasteiger partial charge is 0.493 e. The van der Waals surface area contributed by atoms with Crippen LogP contribution in [0.1, 0.15) is 17.5 Å². The predicted molar refractivity (Wildman–Crippen MR) is 129 cm³/mol. The van der Waals surface area contributed by atoms with Crippen molar-refractivity contribution < 1.29 is 22.7 Å². The van der Waals surface area contributed by atoms with Crippen LogP contribution in [-0.4, -0.2) is 35.2 Å². The van der Waals surface area contributed by atoms with E-state index in [0.717, 1.165) is 24.0 Å². The van der Waals surface area contributed by atoms with E-state index in [2.05, 4.69) is 10.6 Å². The summed E-state index contributed by atoms with van der Waals surface area (Å²) in [5.41, 5.74) is 2.92. The van der Waals surface area contributed by atoms with E-state index in [1.807, 2.05) is 12.1 Å². The average molecular weight is 488 g/mol. The Morgan fingerprint density at radius 3 is 2.64 bits per heavy atom. The molecule has 8 nitrogen and oxygen atoms in total. The third-order valence-electron chi connectivity index (χ3n) is 5.36. The van der Waals surface area contributed by atoms with Crippen molar-refractivity contribution in [1.82, 2.24) is 5.32 Å². The van der Waals surface area contributed by atoms with Crippen molar-refractivity contribution in [3.8, 4) is 11.5 Å². The zero-order valence-corrected chi connectivity index (χ0v) is 20.0. The average Bonchev–Trinajstić information content (AvgIpc) is 3.38. The highest BCUT2D eigenvalue weighted by atomic mass is 32.2. The highest BCUT2D eigenvalue weighted by Crippen LogP contribution is 2.35. The lowest BCUT2D eigenvalue weighted by Gasteiger charge is -2.30. The van der Waals surface area contributed by atoms with Crippen LogP contribution in [-0.2, 0) is 23.0 Å². The summed E-state index contributed by atoms with van der Waals surface area (Å²) in [7, 11) is -0.515. The molecule has 0 atom stereocenters. The Bertz CT molecular complexity index is 1240. The first kappa shape index (κ1) is 22.9. The molecule has 1 aliphatic heterocycles. The highest BCUT2D eigenvalue weighted by molar-refractivity contribution is 7.94. The van der Waals surface area contributed by atoms with Crippen LogP contribution in [0.2, 0.25) is 0 Å². The number of hydrogen-bond acceptors (Lipinski definition) is 6. The number of anilines is 2. The Morgan fingerprint density at radius 2 is 1.91 bits per heavy atom. The number of nitrogens with zero attached hydrogens (tertiary/aromatic N) is 1. The Kier molecular flexibility index (Phi) is 6.75. The second kappa shape index (κ2) is 9.72. The number of aryl methyl sites for hydroxylation is 1. The number of ether oxygens (including phenoxy) is 2. The van der Waals surface area contributed by atoms with Gasteiger partial charge in [0.2, 0.25) is 0 Å². The molecule has 1 aromatic heterocycles. The minimum atomic E-state index is -3.63. The van der Waals surface area contributed by atoms with Crippen LogP contribution in [0.3, 0.4) is 0 Å². The van der Waals surface area contributed by atoms with Gasteiger partial charge in [-0.15, -0.1) is 11.3 Å². The Balaban J connectivity index is 1.47. The van der Waals surface area contributed by atoms with E-state index >= 15 is 0 Å². The maximum absolute atomic E-state index is 13.1. The third kappa shape index (κ3) is 4.91. The van der Waals surface area contributed by atoms with E-state index in [0.29, 0.717) is 33.6 Å². The number of nitrogens with one attached hydrogen (secondary N) is 2. The molecular formula is C23H25N3O5S2. The van der Waals surface area contributed by atoms with Crippen molar-refractivity contribution in [1.29, 1.82) is 0 Å². The fourth-order valence-corrected chi connectivity index (χ4v) is 6.37. The maximum atomic E-state index is 13.1. The number of amides is 2. The number of hydrogen-bond donors (Lipinski definition) is 2. The normalized spacial score (nSPS) is 13.2. The molecule has 0 unspecified atom stereocenters. The summed E-state index contributed by atoms with van der Waals surface area (Å²) in [6.07, 6.45) is 1.54. The van der Waals surface area contributed by atoms with Crippen LogP contribution >= 0.6 is 11.3 Å². The molecule has 4 rings (SSSR count). The lowest BCUT2D eigenvalue weighted by atomic mass is 10.0. The number of sulfonamides is 1. The van der Waals surface area contributed by atoms with Gasteiger partial charge in [-0.2, -0.15) is 0 Å². The van der Waals surface area contributed by atoms with Gasteiger partial charge in [-0.05, 0) is 59.7 Å². The van der Waals surface area contributed by atoms with Crippen molar-refractivity contribution in [2.45, 2.75) is 23.6 Å². The van der Waals surface area contributed by atoms with E-state index < -0.39 is 16.1 Å². The number of thiophene rings is 1. The SMILES string of the molecule is COc1ccc(CNC(=O)Nc2ccc3c(c2)N(S(=O)(=O)c2cccs2)CCC3)cc1OC. The minimum absolute atomic E-state index is 0.288. The van der Waals surface area contributed by atoms with Gasteiger partial charge in [0, 0.05) is 18.8 Å². The van der Waals surface area contributed by atoms with E-state index in [4.69, 9.17) is 9.47 Å². The molecule has 1 aliphatic rings. The lowest BCUT2D eigenvalue weighted by Crippen LogP contribution is -2.35. The van der Waals surface area contributed by atoms with Crippen molar-refractivity contribution in [2.24, 2.45) is 0 Å². The van der Waals surface area contributed by atoms with E-state index in [9.17, 15) is 13.2 Å². The summed E-state index contributed by atoms with van der Waals surface area (Å²) < 4.78 is 38.5. The number of carbonyl (C=O) groups is 1. The van der Waals surface area contributed by atoms with Crippen LogP contribution in [0, 0.1) is 0 Å². The van der Waals surface area contributed by atoms with Gasteiger partial charge in [0.1, 0.15) is 4.21 Å². The van der Waals surface area contributed by atoms with E-state index in [1.54, 1.807) is 56.0 Å². The Hall–Kier alpha value is -3.24. The quantitative estimate of drug-likeness (QED) is 0.520. The molecule has 2 heterocycles. The molecule has 0 bridgehead atoms. The van der Waals surface area contributed by atoms with Crippen LogP contribution in [0.5, 0.6) is 11.5 Å². The minimum Gasteiger partial charge on any atom is -0.493 e. The molecule has 2 N–H and O–H groups in total. The lowest BCUT2D eigenvalue weighted by molar-refractivity contribution is 0.251. The summed E-state index contributed by atoms with van der Waals surface area (Å²) in [4.78, 5) is 12.5. The molecule has 0 saturated carbocycles. The zero-order chi connectivity index (χ0) is 23.4. The van der Waals surface area contributed by atoms with Crippen molar-refractivity contribution in [3.63, 3.8) is 0 Å². The molecule has 33 heavy (non-hydrogen) atoms. The van der Waals surface area contributed by atoms with Gasteiger partial charge >= 0.3 is 6.03 Å². The predicted octanol–water partition coefficient (Wildman–Crippen LogP) is 4.23. The van der Waals surface area contributed by atoms with Gasteiger partial charge in [-0.25, -0.2) is 13.2 Å². The molecule has 10 heteroatoms. The van der Waals surface area contributed by atoms with Crippen molar-refractivity contribution >= 4 is 38.8 Å². The van der Waals surface area contributed by atoms with Gasteiger partial charge < -0.3 is 20.1 Å². The highest BCUT2D eigenvalue weighted by Gasteiger charge is 2.30. The van der Waals surface area contributed by atoms with Crippen molar-refractivity contribution in [2.75, 3.05) is 30.4 Å². The van der Waals surface area contributed by atoms with Gasteiger partial charge in [-0.3, -0.25) is 4.31 Å². The number of fused-ring (bicyclic) bond motifs is 1. The van der Waals surface area contributed by atoms with Gasteiger partial charge in [0.15, 0.2) is 11.5 Å². The van der Waals surface area contributed by atoms with Gasteiger partial charge in [0.25, 0.3) is 10.0 Å². The topological polar surface area (TPSA) is 97.0 Å². The zero-order valence-electron chi connectivity index (χ0n) is 18.3. The monoisotopic (exact) mass is 487 g/mol. The molecule has 0 fully saturated rings. The van der Waals surface area contributed by atoms with Crippen LogP contribution in [0.4, 0.5) is 16.2 Å². The summed E-state index contributed by atoms with van der Waals surface area (Å²) in [5.74, 6) is 1.20. The second-order valence-electron chi connectivity index (χ2n) is 7.45. The van der Waals surface area contributed by atoms with E-state index in [-0.39, 0.29) is 6.54 Å². The molecule has 0 radical (unpaired) electrons. The summed E-state index contributed by atoms with van der Waals surface area (Å²) in [6, 6.07) is 13.7. The summed E-state index contributed by atoms with van der Waals surface area (Å²) in [5, 5.41) is 7.35. The standard InChI is InChI=1S/C23H25N3O5S2/c1-30-20-10-7-16(13-21(20)31-2)15-24-23(27)25-18-9-8-17-5-3-11-26(19(17)14-18)33(28,29)22-6-4-12-32-22/h4,6-10,12-14H,3,5,11,15H2,1-2H3,(H2,24,25,27). The molecule has 0 spiro atoms. The second-order valence-corrected chi connectivity index (χ2v) is 10.5. The van der Waals surface area contributed by atoms with Gasteiger partial charge in [-0.1, -0.05) is 18.2 Å². The maximum Gasteiger partial charge on any atom is 0.319 e. The first-order chi connectivity index (χ1) is 15.9. The van der Waals surface area contributed by atoms with Crippen molar-refractivity contribution in [3.05, 3.63) is 65.0 Å². The van der Waals surface area contributed by atoms with Gasteiger partial charge in [0.05, 0.1) is 19.9 Å². The number of benzene rings is 2. The Labute approximate surface area is 197 Å². The first-order valence-corrected chi connectivity index (χ1v) is 12.7. The summed E-state index contributed by atoms with van der Waals surface area (Å²) >= 11 is 1.20.